The third kappa shape index (κ3) is 2.29. The summed E-state index contributed by atoms with van der Waals surface area (Å²) in [6.07, 6.45) is -0.208. The molecule has 2 unspecified atom stereocenters. The van der Waals surface area contributed by atoms with Gasteiger partial charge in [0.25, 0.3) is 0 Å². The minimum absolute atomic E-state index is 0.208. The van der Waals surface area contributed by atoms with Crippen molar-refractivity contribution in [3.8, 4) is 0 Å². The van der Waals surface area contributed by atoms with Gasteiger partial charge < -0.3 is 10.4 Å². The van der Waals surface area contributed by atoms with Crippen LogP contribution < -0.4 is 5.32 Å². The van der Waals surface area contributed by atoms with Gasteiger partial charge in [-0.25, -0.2) is 0 Å². The molecule has 0 bridgehead atoms. The Balaban J connectivity index is 2.03. The number of benzene rings is 1. The summed E-state index contributed by atoms with van der Waals surface area (Å²) in [7, 11) is 0. The van der Waals surface area contributed by atoms with Crippen LogP contribution >= 0.6 is 11.8 Å². The Bertz CT molecular complexity index is 316. The molecule has 2 N–H and O–H groups in total. The number of nitrogens with one attached hydrogen (secondary N) is 1. The number of hydrogen-bond donors (Lipinski definition) is 2. The van der Waals surface area contributed by atoms with Crippen molar-refractivity contribution >= 4 is 11.8 Å². The van der Waals surface area contributed by atoms with E-state index in [2.05, 4.69) is 36.5 Å². The second-order valence-corrected chi connectivity index (χ2v) is 5.01. The molecule has 2 rings (SSSR count). The maximum atomic E-state index is 9.64. The normalized spacial score (nSPS) is 26.7. The molecule has 1 fully saturated rings. The first-order chi connectivity index (χ1) is 6.75. The quantitative estimate of drug-likeness (QED) is 0.772. The van der Waals surface area contributed by atoms with E-state index in [0.717, 1.165) is 13.1 Å². The first-order valence-electron chi connectivity index (χ1n) is 4.88. The van der Waals surface area contributed by atoms with E-state index in [1.807, 2.05) is 0 Å². The van der Waals surface area contributed by atoms with Crippen molar-refractivity contribution in [3.63, 3.8) is 0 Å². The zero-order valence-electron chi connectivity index (χ0n) is 8.23. The number of thioether (sulfide) groups is 1. The highest BCUT2D eigenvalue weighted by Gasteiger charge is 2.25. The van der Waals surface area contributed by atoms with Crippen LogP contribution in [0.4, 0.5) is 0 Å². The lowest BCUT2D eigenvalue weighted by atomic mass is 10.2. The van der Waals surface area contributed by atoms with Crippen LogP contribution in [0.5, 0.6) is 0 Å². The lowest BCUT2D eigenvalue weighted by molar-refractivity contribution is 0.201. The van der Waals surface area contributed by atoms with Crippen LogP contribution in [0.25, 0.3) is 0 Å². The molecule has 1 aliphatic heterocycles. The average Bonchev–Trinajstić information content (AvgIpc) is 2.52. The lowest BCUT2D eigenvalue weighted by Gasteiger charge is -2.12. The van der Waals surface area contributed by atoms with Crippen molar-refractivity contribution in [1.82, 2.24) is 5.32 Å². The molecule has 3 heteroatoms. The monoisotopic (exact) mass is 209 g/mol. The van der Waals surface area contributed by atoms with Crippen molar-refractivity contribution in [2.75, 3.05) is 13.1 Å². The predicted molar refractivity (Wildman–Crippen MR) is 59.7 cm³/mol. The van der Waals surface area contributed by atoms with Gasteiger partial charge in [-0.15, -0.1) is 11.8 Å². The molecule has 76 valence electrons. The SMILES string of the molecule is Cc1cccc(SC2CNCC2O)c1. The van der Waals surface area contributed by atoms with Crippen LogP contribution in [0.3, 0.4) is 0 Å². The molecule has 0 saturated carbocycles. The van der Waals surface area contributed by atoms with Crippen LogP contribution in [-0.4, -0.2) is 29.5 Å². The van der Waals surface area contributed by atoms with Crippen molar-refractivity contribution in [2.45, 2.75) is 23.2 Å². The van der Waals surface area contributed by atoms with Crippen LogP contribution in [0.15, 0.2) is 29.2 Å². The Labute approximate surface area is 88.7 Å². The van der Waals surface area contributed by atoms with Gasteiger partial charge >= 0.3 is 0 Å². The molecule has 0 aromatic heterocycles. The van der Waals surface area contributed by atoms with Crippen LogP contribution in [0.2, 0.25) is 0 Å². The Kier molecular flexibility index (Phi) is 3.11. The van der Waals surface area contributed by atoms with Crippen molar-refractivity contribution in [3.05, 3.63) is 29.8 Å². The zero-order valence-corrected chi connectivity index (χ0v) is 9.05. The van der Waals surface area contributed by atoms with E-state index in [1.165, 1.54) is 10.5 Å². The highest BCUT2D eigenvalue weighted by molar-refractivity contribution is 8.00. The second kappa shape index (κ2) is 4.34. The third-order valence-corrected chi connectivity index (χ3v) is 3.71. The molecule has 14 heavy (non-hydrogen) atoms. The molecule has 1 saturated heterocycles. The number of aryl methyl sites for hydroxylation is 1. The van der Waals surface area contributed by atoms with E-state index < -0.39 is 0 Å². The maximum absolute atomic E-state index is 9.64. The van der Waals surface area contributed by atoms with Gasteiger partial charge in [-0.1, -0.05) is 17.7 Å². The molecule has 1 aliphatic rings. The highest BCUT2D eigenvalue weighted by atomic mass is 32.2. The fourth-order valence-electron chi connectivity index (χ4n) is 1.62. The van der Waals surface area contributed by atoms with E-state index >= 15 is 0 Å². The first kappa shape index (κ1) is 10.0. The van der Waals surface area contributed by atoms with Gasteiger partial charge in [0.1, 0.15) is 0 Å². The fourth-order valence-corrected chi connectivity index (χ4v) is 2.84. The fraction of sp³-hybridized carbons (Fsp3) is 0.455. The van der Waals surface area contributed by atoms with Gasteiger partial charge in [0.2, 0.25) is 0 Å². The van der Waals surface area contributed by atoms with Gasteiger partial charge in [0, 0.05) is 23.2 Å². The van der Waals surface area contributed by atoms with Crippen LogP contribution in [0, 0.1) is 6.92 Å². The molecule has 1 aromatic rings. The van der Waals surface area contributed by atoms with Gasteiger partial charge in [-0.05, 0) is 19.1 Å². The molecule has 0 spiro atoms. The minimum atomic E-state index is -0.208. The molecule has 2 atom stereocenters. The van der Waals surface area contributed by atoms with Gasteiger partial charge in [0.15, 0.2) is 0 Å². The molecule has 0 radical (unpaired) electrons. The van der Waals surface area contributed by atoms with Crippen molar-refractivity contribution < 1.29 is 5.11 Å². The maximum Gasteiger partial charge on any atom is 0.0798 e. The minimum Gasteiger partial charge on any atom is -0.391 e. The van der Waals surface area contributed by atoms with E-state index in [-0.39, 0.29) is 6.10 Å². The summed E-state index contributed by atoms with van der Waals surface area (Å²) in [6, 6.07) is 8.41. The summed E-state index contributed by atoms with van der Waals surface area (Å²) in [6.45, 7) is 3.72. The zero-order chi connectivity index (χ0) is 9.97. The molecular weight excluding hydrogens is 194 g/mol. The number of hydrogen-bond acceptors (Lipinski definition) is 3. The number of aliphatic hydroxyl groups is 1. The molecule has 1 aromatic carbocycles. The molecule has 2 nitrogen and oxygen atoms in total. The summed E-state index contributed by atoms with van der Waals surface area (Å²) in [5.41, 5.74) is 1.27. The summed E-state index contributed by atoms with van der Waals surface area (Å²) >= 11 is 1.76. The number of β-amino-alcohol motifs (C(OH)–C–C–N with tert-alkyl or cyclic N) is 1. The Morgan fingerprint density at radius 3 is 2.93 bits per heavy atom. The van der Waals surface area contributed by atoms with Crippen molar-refractivity contribution in [1.29, 1.82) is 0 Å². The Morgan fingerprint density at radius 2 is 2.29 bits per heavy atom. The van der Waals surface area contributed by atoms with E-state index in [1.54, 1.807) is 11.8 Å². The molecule has 0 aliphatic carbocycles. The summed E-state index contributed by atoms with van der Waals surface area (Å²) in [4.78, 5) is 1.25. The Morgan fingerprint density at radius 1 is 1.43 bits per heavy atom. The first-order valence-corrected chi connectivity index (χ1v) is 5.76. The van der Waals surface area contributed by atoms with Gasteiger partial charge in [0.05, 0.1) is 6.10 Å². The Hall–Kier alpha value is -0.510. The van der Waals surface area contributed by atoms with E-state index in [4.69, 9.17) is 0 Å². The highest BCUT2D eigenvalue weighted by Crippen LogP contribution is 2.27. The smallest absolute Gasteiger partial charge is 0.0798 e. The molecule has 0 amide bonds. The number of aliphatic hydroxyl groups excluding tert-OH is 1. The standard InChI is InChI=1S/C11H15NOS/c1-8-3-2-4-9(5-8)14-11-7-12-6-10(11)13/h2-5,10-13H,6-7H2,1H3. The van der Waals surface area contributed by atoms with Crippen molar-refractivity contribution in [2.24, 2.45) is 0 Å². The van der Waals surface area contributed by atoms with Gasteiger partial charge in [-0.3, -0.25) is 0 Å². The van der Waals surface area contributed by atoms with Crippen LogP contribution in [-0.2, 0) is 0 Å². The topological polar surface area (TPSA) is 32.3 Å². The lowest BCUT2D eigenvalue weighted by Crippen LogP contribution is -2.19. The molecular formula is C11H15NOS. The van der Waals surface area contributed by atoms with E-state index in [0.29, 0.717) is 5.25 Å². The predicted octanol–water partition coefficient (Wildman–Crippen LogP) is 1.42. The number of rotatable bonds is 2. The van der Waals surface area contributed by atoms with Crippen LogP contribution in [0.1, 0.15) is 5.56 Å². The summed E-state index contributed by atoms with van der Waals surface area (Å²) in [5.74, 6) is 0. The summed E-state index contributed by atoms with van der Waals surface area (Å²) < 4.78 is 0. The average molecular weight is 209 g/mol. The second-order valence-electron chi connectivity index (χ2n) is 3.70. The van der Waals surface area contributed by atoms with Gasteiger partial charge in [-0.2, -0.15) is 0 Å². The molecule has 1 heterocycles. The third-order valence-electron chi connectivity index (χ3n) is 2.41. The largest absolute Gasteiger partial charge is 0.391 e. The van der Waals surface area contributed by atoms with E-state index in [9.17, 15) is 5.11 Å². The summed E-state index contributed by atoms with van der Waals surface area (Å²) in [5, 5.41) is 13.1.